The minimum atomic E-state index is -3.59. The van der Waals surface area contributed by atoms with Gasteiger partial charge >= 0.3 is 5.97 Å². The SMILES string of the molecule is COCCCn1c(C)cc(C(=O)COC(=O)c2ccc(S(=O)(=O)N3CCCCCC3)cc2)c1C. The summed E-state index contributed by atoms with van der Waals surface area (Å²) < 4.78 is 39.7. The zero-order chi connectivity index (χ0) is 24.7. The number of ether oxygens (including phenoxy) is 2. The van der Waals surface area contributed by atoms with Crippen molar-refractivity contribution in [2.75, 3.05) is 33.4 Å². The van der Waals surface area contributed by atoms with E-state index < -0.39 is 16.0 Å². The number of benzene rings is 1. The fraction of sp³-hybridized carbons (Fsp3) is 0.520. The summed E-state index contributed by atoms with van der Waals surface area (Å²) in [6, 6.07) is 7.51. The first-order valence-corrected chi connectivity index (χ1v) is 13.2. The molecule has 186 valence electrons. The van der Waals surface area contributed by atoms with Gasteiger partial charge < -0.3 is 14.0 Å². The number of Topliss-reactive ketones (excluding diaryl/α,β-unsaturated/α-hetero) is 1. The van der Waals surface area contributed by atoms with Crippen LogP contribution in [0.15, 0.2) is 35.2 Å². The molecular weight excluding hydrogens is 456 g/mol. The summed E-state index contributed by atoms with van der Waals surface area (Å²) >= 11 is 0. The van der Waals surface area contributed by atoms with Crippen molar-refractivity contribution < 1.29 is 27.5 Å². The van der Waals surface area contributed by atoms with E-state index in [0.717, 1.165) is 50.0 Å². The van der Waals surface area contributed by atoms with Crippen LogP contribution in [0.5, 0.6) is 0 Å². The molecule has 1 fully saturated rings. The molecule has 3 rings (SSSR count). The lowest BCUT2D eigenvalue weighted by molar-refractivity contribution is 0.0474. The Kier molecular flexibility index (Phi) is 9.04. The molecule has 2 aromatic rings. The van der Waals surface area contributed by atoms with E-state index in [0.29, 0.717) is 25.3 Å². The molecule has 0 bridgehead atoms. The summed E-state index contributed by atoms with van der Waals surface area (Å²) in [7, 11) is -1.93. The Hall–Kier alpha value is -2.49. The van der Waals surface area contributed by atoms with E-state index >= 15 is 0 Å². The molecule has 0 saturated carbocycles. The van der Waals surface area contributed by atoms with Gasteiger partial charge in [-0.2, -0.15) is 4.31 Å². The molecule has 34 heavy (non-hydrogen) atoms. The Morgan fingerprint density at radius 2 is 1.65 bits per heavy atom. The third-order valence-corrected chi connectivity index (χ3v) is 8.14. The normalized spacial score (nSPS) is 15.1. The number of sulfonamides is 1. The van der Waals surface area contributed by atoms with Crippen molar-refractivity contribution >= 4 is 21.8 Å². The number of aromatic nitrogens is 1. The van der Waals surface area contributed by atoms with Crippen molar-refractivity contribution in [3.05, 3.63) is 52.8 Å². The minimum Gasteiger partial charge on any atom is -0.454 e. The highest BCUT2D eigenvalue weighted by Gasteiger charge is 2.25. The van der Waals surface area contributed by atoms with Crippen molar-refractivity contribution in [1.29, 1.82) is 0 Å². The number of hydrogen-bond acceptors (Lipinski definition) is 6. The molecule has 1 aromatic carbocycles. The number of nitrogens with zero attached hydrogens (tertiary/aromatic N) is 2. The van der Waals surface area contributed by atoms with E-state index in [1.54, 1.807) is 13.2 Å². The first-order valence-electron chi connectivity index (χ1n) is 11.7. The van der Waals surface area contributed by atoms with Gasteiger partial charge in [-0.25, -0.2) is 13.2 Å². The molecule has 1 saturated heterocycles. The number of carbonyl (C=O) groups is 2. The summed E-state index contributed by atoms with van der Waals surface area (Å²) in [4.78, 5) is 25.3. The fourth-order valence-corrected chi connectivity index (χ4v) is 5.80. The van der Waals surface area contributed by atoms with Crippen LogP contribution >= 0.6 is 0 Å². The second-order valence-corrected chi connectivity index (χ2v) is 10.6. The third kappa shape index (κ3) is 6.14. The van der Waals surface area contributed by atoms with Crippen LogP contribution in [0.25, 0.3) is 0 Å². The second-order valence-electron chi connectivity index (χ2n) is 8.62. The van der Waals surface area contributed by atoms with Crippen LogP contribution in [0.3, 0.4) is 0 Å². The van der Waals surface area contributed by atoms with Crippen LogP contribution in [0.2, 0.25) is 0 Å². The highest BCUT2D eigenvalue weighted by molar-refractivity contribution is 7.89. The van der Waals surface area contributed by atoms with Gasteiger partial charge in [-0.3, -0.25) is 4.79 Å². The molecule has 0 unspecified atom stereocenters. The lowest BCUT2D eigenvalue weighted by atomic mass is 10.1. The van der Waals surface area contributed by atoms with Gasteiger partial charge in [0.05, 0.1) is 10.5 Å². The maximum Gasteiger partial charge on any atom is 0.338 e. The van der Waals surface area contributed by atoms with Crippen molar-refractivity contribution in [1.82, 2.24) is 8.87 Å². The number of methoxy groups -OCH3 is 1. The highest BCUT2D eigenvalue weighted by Crippen LogP contribution is 2.21. The van der Waals surface area contributed by atoms with Gasteiger partial charge in [-0.1, -0.05) is 12.8 Å². The zero-order valence-electron chi connectivity index (χ0n) is 20.2. The van der Waals surface area contributed by atoms with E-state index in [9.17, 15) is 18.0 Å². The lowest BCUT2D eigenvalue weighted by Crippen LogP contribution is -2.31. The Balaban J connectivity index is 1.61. The third-order valence-electron chi connectivity index (χ3n) is 6.23. The van der Waals surface area contributed by atoms with Crippen molar-refractivity contribution in [2.45, 2.75) is 57.4 Å². The number of aryl methyl sites for hydroxylation is 1. The molecule has 8 nitrogen and oxygen atoms in total. The first kappa shape index (κ1) is 26.1. The maximum atomic E-state index is 12.9. The lowest BCUT2D eigenvalue weighted by Gasteiger charge is -2.19. The molecule has 1 aromatic heterocycles. The highest BCUT2D eigenvalue weighted by atomic mass is 32.2. The summed E-state index contributed by atoms with van der Waals surface area (Å²) in [5.41, 5.74) is 2.52. The van der Waals surface area contributed by atoms with Gasteiger partial charge in [0, 0.05) is 50.3 Å². The van der Waals surface area contributed by atoms with Crippen LogP contribution in [0.1, 0.15) is 64.2 Å². The predicted molar refractivity (Wildman–Crippen MR) is 129 cm³/mol. The number of carbonyl (C=O) groups excluding carboxylic acids is 2. The van der Waals surface area contributed by atoms with Gasteiger partial charge in [0.15, 0.2) is 6.61 Å². The van der Waals surface area contributed by atoms with E-state index in [-0.39, 0.29) is 22.8 Å². The maximum absolute atomic E-state index is 12.9. The molecule has 2 heterocycles. The summed E-state index contributed by atoms with van der Waals surface area (Å²) in [5.74, 6) is -0.944. The van der Waals surface area contributed by atoms with Crippen LogP contribution < -0.4 is 0 Å². The molecule has 0 N–H and O–H groups in total. The van der Waals surface area contributed by atoms with Gasteiger partial charge in [-0.15, -0.1) is 0 Å². The molecule has 0 spiro atoms. The first-order chi connectivity index (χ1) is 16.3. The Bertz CT molecular complexity index is 1100. The van der Waals surface area contributed by atoms with Crippen LogP contribution in [0, 0.1) is 13.8 Å². The zero-order valence-corrected chi connectivity index (χ0v) is 21.0. The molecule has 1 aliphatic rings. The second kappa shape index (κ2) is 11.8. The average Bonchev–Trinajstić information content (AvgIpc) is 3.01. The quantitative estimate of drug-likeness (QED) is 0.286. The Morgan fingerprint density at radius 3 is 2.26 bits per heavy atom. The molecule has 1 aliphatic heterocycles. The topological polar surface area (TPSA) is 94.9 Å². The summed E-state index contributed by atoms with van der Waals surface area (Å²) in [6.45, 7) is 5.83. The van der Waals surface area contributed by atoms with E-state index in [4.69, 9.17) is 9.47 Å². The van der Waals surface area contributed by atoms with Gasteiger partial charge in [0.1, 0.15) is 0 Å². The van der Waals surface area contributed by atoms with Gasteiger partial charge in [0.25, 0.3) is 0 Å². The molecule has 0 amide bonds. The average molecular weight is 491 g/mol. The number of hydrogen-bond donors (Lipinski definition) is 0. The molecule has 0 aliphatic carbocycles. The number of rotatable bonds is 10. The van der Waals surface area contributed by atoms with Crippen LogP contribution in [0.4, 0.5) is 0 Å². The van der Waals surface area contributed by atoms with Crippen molar-refractivity contribution in [2.24, 2.45) is 0 Å². The standard InChI is InChI=1S/C25H34N2O6S/c1-19-17-23(20(2)27(19)15-8-16-32-3)24(28)18-33-25(29)21-9-11-22(12-10-21)34(30,31)26-13-6-4-5-7-14-26/h9-12,17H,4-8,13-16,18H2,1-3H3. The predicted octanol–water partition coefficient (Wildman–Crippen LogP) is 3.75. The largest absolute Gasteiger partial charge is 0.454 e. The number of ketones is 1. The molecule has 9 heteroatoms. The summed E-state index contributed by atoms with van der Waals surface area (Å²) in [6.07, 6.45) is 4.61. The smallest absolute Gasteiger partial charge is 0.338 e. The minimum absolute atomic E-state index is 0.155. The van der Waals surface area contributed by atoms with Crippen LogP contribution in [-0.4, -0.2) is 62.5 Å². The molecular formula is C25H34N2O6S. The van der Waals surface area contributed by atoms with Gasteiger partial charge in [0.2, 0.25) is 15.8 Å². The van der Waals surface area contributed by atoms with E-state index in [1.807, 2.05) is 13.8 Å². The van der Waals surface area contributed by atoms with Crippen molar-refractivity contribution in [3.63, 3.8) is 0 Å². The van der Waals surface area contributed by atoms with Gasteiger partial charge in [-0.05, 0) is 63.4 Å². The Labute approximate surface area is 201 Å². The van der Waals surface area contributed by atoms with Crippen LogP contribution in [-0.2, 0) is 26.0 Å². The monoisotopic (exact) mass is 490 g/mol. The van der Waals surface area contributed by atoms with E-state index in [1.165, 1.54) is 28.6 Å². The summed E-state index contributed by atoms with van der Waals surface area (Å²) in [5, 5.41) is 0. The van der Waals surface area contributed by atoms with Crippen molar-refractivity contribution in [3.8, 4) is 0 Å². The Morgan fingerprint density at radius 1 is 1.00 bits per heavy atom. The molecule has 0 atom stereocenters. The molecule has 0 radical (unpaired) electrons. The fourth-order valence-electron chi connectivity index (χ4n) is 4.28. The number of esters is 1. The van der Waals surface area contributed by atoms with E-state index in [2.05, 4.69) is 4.57 Å².